The highest BCUT2D eigenvalue weighted by Gasteiger charge is 2.17. The third-order valence-corrected chi connectivity index (χ3v) is 5.78. The van der Waals surface area contributed by atoms with Crippen LogP contribution in [0.25, 0.3) is 22.4 Å². The molecule has 192 valence electrons. The van der Waals surface area contributed by atoms with E-state index in [9.17, 15) is 22.8 Å². The average molecular weight is 518 g/mol. The highest BCUT2D eigenvalue weighted by atomic mass is 19.2. The van der Waals surface area contributed by atoms with Crippen LogP contribution < -0.4 is 15.7 Å². The van der Waals surface area contributed by atoms with E-state index in [1.54, 1.807) is 67.0 Å². The number of fused-ring (bicyclic) bond motifs is 1. The lowest BCUT2D eigenvalue weighted by Gasteiger charge is -2.09. The molecular weight excluding hydrogens is 497 g/mol. The Hall–Kier alpha value is -5.12. The normalized spacial score (nSPS) is 10.9. The fourth-order valence-corrected chi connectivity index (χ4v) is 3.99. The van der Waals surface area contributed by atoms with Gasteiger partial charge in [-0.25, -0.2) is 18.0 Å². The van der Waals surface area contributed by atoms with Gasteiger partial charge in [0.25, 0.3) is 0 Å². The summed E-state index contributed by atoms with van der Waals surface area (Å²) in [5, 5.41) is 2.68. The summed E-state index contributed by atoms with van der Waals surface area (Å²) in [4.78, 5) is 29.5. The molecule has 1 N–H and O–H groups in total. The van der Waals surface area contributed by atoms with Gasteiger partial charge in [0.1, 0.15) is 18.2 Å². The van der Waals surface area contributed by atoms with Crippen LogP contribution in [0.5, 0.6) is 5.75 Å². The molecular formula is C28H21F3N4O3. The van der Waals surface area contributed by atoms with E-state index in [0.29, 0.717) is 39.9 Å². The lowest BCUT2D eigenvalue weighted by Crippen LogP contribution is -2.22. The van der Waals surface area contributed by atoms with Crippen LogP contribution in [0.4, 0.5) is 18.9 Å². The number of hydrogen-bond donors (Lipinski definition) is 1. The van der Waals surface area contributed by atoms with Gasteiger partial charge in [0.2, 0.25) is 5.91 Å². The Morgan fingerprint density at radius 1 is 0.947 bits per heavy atom. The summed E-state index contributed by atoms with van der Waals surface area (Å²) in [6.07, 6.45) is 4.28. The van der Waals surface area contributed by atoms with Crippen LogP contribution in [0.2, 0.25) is 0 Å². The van der Waals surface area contributed by atoms with E-state index >= 15 is 0 Å². The number of carbonyl (C=O) groups is 1. The van der Waals surface area contributed by atoms with Crippen molar-refractivity contribution in [1.29, 1.82) is 0 Å². The fraction of sp³-hybridized carbons (Fsp3) is 0.0357. The number of aromatic nitrogens is 3. The van der Waals surface area contributed by atoms with Crippen molar-refractivity contribution < 1.29 is 24.1 Å². The van der Waals surface area contributed by atoms with E-state index in [1.807, 2.05) is 0 Å². The molecule has 10 heteroatoms. The number of benzene rings is 3. The summed E-state index contributed by atoms with van der Waals surface area (Å²) in [6, 6.07) is 16.2. The van der Waals surface area contributed by atoms with Gasteiger partial charge in [-0.3, -0.25) is 18.9 Å². The van der Waals surface area contributed by atoms with Gasteiger partial charge in [-0.15, -0.1) is 0 Å². The number of anilines is 1. The summed E-state index contributed by atoms with van der Waals surface area (Å²) >= 11 is 0. The minimum atomic E-state index is -1.28. The zero-order valence-electron chi connectivity index (χ0n) is 19.7. The zero-order chi connectivity index (χ0) is 26.8. The van der Waals surface area contributed by atoms with Crippen molar-refractivity contribution in [2.75, 3.05) is 5.32 Å². The highest BCUT2D eigenvalue weighted by molar-refractivity contribution is 5.99. The predicted molar refractivity (Wildman–Crippen MR) is 138 cm³/mol. The Balaban J connectivity index is 0.00000353. The molecule has 0 fully saturated rings. The average Bonchev–Trinajstić information content (AvgIpc) is 3.22. The van der Waals surface area contributed by atoms with E-state index in [-0.39, 0.29) is 25.2 Å². The molecule has 0 radical (unpaired) electrons. The van der Waals surface area contributed by atoms with Gasteiger partial charge in [0, 0.05) is 24.9 Å². The number of amides is 1. The molecule has 0 atom stereocenters. The maximum absolute atomic E-state index is 13.9. The predicted octanol–water partition coefficient (Wildman–Crippen LogP) is 5.54. The molecule has 38 heavy (non-hydrogen) atoms. The minimum Gasteiger partial charge on any atom is -0.489 e. The molecule has 0 saturated carbocycles. The van der Waals surface area contributed by atoms with Crippen molar-refractivity contribution in [2.45, 2.75) is 6.61 Å². The molecule has 5 aromatic rings. The van der Waals surface area contributed by atoms with Crippen LogP contribution in [-0.4, -0.2) is 20.0 Å². The first-order valence-electron chi connectivity index (χ1n) is 11.3. The van der Waals surface area contributed by atoms with Crippen LogP contribution in [0.15, 0.2) is 96.6 Å². The second-order valence-corrected chi connectivity index (χ2v) is 8.20. The van der Waals surface area contributed by atoms with Crippen LogP contribution in [0.1, 0.15) is 6.99 Å². The van der Waals surface area contributed by atoms with E-state index in [1.165, 1.54) is 9.13 Å². The van der Waals surface area contributed by atoms with Crippen molar-refractivity contribution in [3.63, 3.8) is 0 Å². The lowest BCUT2D eigenvalue weighted by atomic mass is 10.2. The molecule has 0 saturated heterocycles. The smallest absolute Gasteiger partial charge is 0.338 e. The van der Waals surface area contributed by atoms with Crippen molar-refractivity contribution in [3.05, 3.63) is 125 Å². The monoisotopic (exact) mass is 518 g/mol. The summed E-state index contributed by atoms with van der Waals surface area (Å²) in [6.45, 7) is 3.13. The molecule has 0 unspecified atom stereocenters. The Morgan fingerprint density at radius 2 is 1.68 bits per heavy atom. The van der Waals surface area contributed by atoms with E-state index < -0.39 is 17.5 Å². The maximum atomic E-state index is 13.9. The molecule has 0 aliphatic rings. The third-order valence-electron chi connectivity index (χ3n) is 5.78. The molecule has 2 heterocycles. The van der Waals surface area contributed by atoms with Gasteiger partial charge in [0.05, 0.1) is 28.6 Å². The fourth-order valence-electron chi connectivity index (χ4n) is 3.99. The number of nitrogens with one attached hydrogen (secondary N) is 1. The number of hydrogen-bond acceptors (Lipinski definition) is 4. The van der Waals surface area contributed by atoms with Crippen molar-refractivity contribution in [3.8, 4) is 17.1 Å². The van der Waals surface area contributed by atoms with Gasteiger partial charge >= 0.3 is 5.69 Å². The second kappa shape index (κ2) is 10.1. The van der Waals surface area contributed by atoms with Gasteiger partial charge < -0.3 is 10.1 Å². The molecule has 3 aromatic carbocycles. The van der Waals surface area contributed by atoms with Crippen LogP contribution >= 0.6 is 0 Å². The number of halogens is 3. The summed E-state index contributed by atoms with van der Waals surface area (Å²) < 4.78 is 49.0. The first-order valence-corrected chi connectivity index (χ1v) is 11.3. The number of ether oxygens (including phenoxy) is 1. The molecule has 0 bridgehead atoms. The number of imidazole rings is 1. The molecule has 7 nitrogen and oxygen atoms in total. The molecule has 0 aliphatic heterocycles. The SMILES string of the molecule is C=CC(=O)Nc1cccc(-n2c(=O)n(-c3ccc(OCc4cc(F)c(F)cc4F)cc3)c3cnccc32)c1.[HH]. The van der Waals surface area contributed by atoms with Gasteiger partial charge in [0.15, 0.2) is 11.6 Å². The highest BCUT2D eigenvalue weighted by Crippen LogP contribution is 2.24. The first kappa shape index (κ1) is 24.6. The zero-order valence-corrected chi connectivity index (χ0v) is 19.7. The van der Waals surface area contributed by atoms with Gasteiger partial charge in [-0.05, 0) is 60.7 Å². The van der Waals surface area contributed by atoms with E-state index in [0.717, 1.165) is 12.1 Å². The molecule has 2 aromatic heterocycles. The standard InChI is InChI=1S/C28H19F3N4O3.H2/c1-2-27(36)33-18-4-3-5-20(13-18)35-25-10-11-32-15-26(25)34(28(35)37)19-6-8-21(9-7-19)38-16-17-12-23(30)24(31)14-22(17)29;/h2-15H,1,16H2,(H,33,36);1H. The lowest BCUT2D eigenvalue weighted by molar-refractivity contribution is -0.111. The molecule has 5 rings (SSSR count). The molecule has 0 aliphatic carbocycles. The quantitative estimate of drug-likeness (QED) is 0.227. The van der Waals surface area contributed by atoms with Crippen LogP contribution in [-0.2, 0) is 11.4 Å². The Morgan fingerprint density at radius 3 is 2.45 bits per heavy atom. The topological polar surface area (TPSA) is 78.2 Å². The number of nitrogens with zero attached hydrogens (tertiary/aromatic N) is 3. The second-order valence-electron chi connectivity index (χ2n) is 8.20. The van der Waals surface area contributed by atoms with Crippen molar-refractivity contribution in [2.24, 2.45) is 0 Å². The van der Waals surface area contributed by atoms with Crippen LogP contribution in [0.3, 0.4) is 0 Å². The van der Waals surface area contributed by atoms with Gasteiger partial charge in [-0.1, -0.05) is 12.6 Å². The number of carbonyl (C=O) groups excluding carboxylic acids is 1. The number of rotatable bonds is 7. The number of pyridine rings is 1. The first-order chi connectivity index (χ1) is 18.4. The van der Waals surface area contributed by atoms with E-state index in [2.05, 4.69) is 16.9 Å². The van der Waals surface area contributed by atoms with E-state index in [4.69, 9.17) is 4.74 Å². The maximum Gasteiger partial charge on any atom is 0.338 e. The van der Waals surface area contributed by atoms with Gasteiger partial charge in [-0.2, -0.15) is 0 Å². The van der Waals surface area contributed by atoms with Crippen LogP contribution in [0, 0.1) is 17.5 Å². The largest absolute Gasteiger partial charge is 0.489 e. The third kappa shape index (κ3) is 4.66. The summed E-state index contributed by atoms with van der Waals surface area (Å²) in [5.41, 5.74) is 2.15. The summed E-state index contributed by atoms with van der Waals surface area (Å²) in [5.74, 6) is -3.41. The molecule has 0 spiro atoms. The minimum absolute atomic E-state index is 0. The molecule has 1 amide bonds. The Bertz CT molecular complexity index is 1750. The summed E-state index contributed by atoms with van der Waals surface area (Å²) in [7, 11) is 0. The Labute approximate surface area is 215 Å². The Kier molecular flexibility index (Phi) is 6.53. The van der Waals surface area contributed by atoms with Crippen molar-refractivity contribution >= 4 is 22.6 Å². The van der Waals surface area contributed by atoms with Crippen molar-refractivity contribution in [1.82, 2.24) is 14.1 Å².